The van der Waals surface area contributed by atoms with Crippen molar-refractivity contribution in [3.63, 3.8) is 0 Å². The van der Waals surface area contributed by atoms with Crippen LogP contribution in [0, 0.1) is 0 Å². The van der Waals surface area contributed by atoms with Crippen LogP contribution in [-0.4, -0.2) is 18.8 Å². The average molecular weight is 497 g/mol. The first-order chi connectivity index (χ1) is 9.82. The molecule has 0 N–H and O–H groups in total. The summed E-state index contributed by atoms with van der Waals surface area (Å²) in [5.74, 6) is 0. The van der Waals surface area contributed by atoms with Crippen molar-refractivity contribution in [1.82, 2.24) is 0 Å². The van der Waals surface area contributed by atoms with E-state index in [0.29, 0.717) is 0 Å². The Hall–Kier alpha value is -0.792. The summed E-state index contributed by atoms with van der Waals surface area (Å²) in [5, 5.41) is 0. The van der Waals surface area contributed by atoms with Crippen molar-refractivity contribution in [2.24, 2.45) is 0 Å². The second-order valence-electron chi connectivity index (χ2n) is 5.22. The minimum absolute atomic E-state index is 0. The molecule has 0 amide bonds. The van der Waals surface area contributed by atoms with Crippen molar-refractivity contribution >= 4 is 53.3 Å². The van der Waals surface area contributed by atoms with Crippen LogP contribution in [0.3, 0.4) is 0 Å². The van der Waals surface area contributed by atoms with Crippen LogP contribution in [0.4, 0.5) is 0 Å². The maximum absolute atomic E-state index is 2.78. The molecule has 0 aliphatic carbocycles. The van der Waals surface area contributed by atoms with Crippen LogP contribution in [0.1, 0.15) is 0 Å². The first-order valence-electron chi connectivity index (χ1n) is 6.98. The zero-order valence-electron chi connectivity index (χ0n) is 12.1. The van der Waals surface area contributed by atoms with Gasteiger partial charge in [0.2, 0.25) is 0 Å². The fraction of sp³-hybridized carbons (Fsp3) is 0.0526. The average Bonchev–Trinajstić information content (AvgIpc) is 2.56. The standard InChI is InChI=1S/3C6H5.CH3.HI.Sb.H/c3*1-2-4-6-5-3-1;;;;/h3*1-5H;1H3;1H;;. The molecule has 0 aliphatic heterocycles. The summed E-state index contributed by atoms with van der Waals surface area (Å²) in [4.78, 5) is 2.51. The normalized spacial score (nSPS) is 11.5. The van der Waals surface area contributed by atoms with E-state index in [9.17, 15) is 0 Å². The Labute approximate surface area is 148 Å². The summed E-state index contributed by atoms with van der Waals surface area (Å²) in [6.45, 7) is 0. The van der Waals surface area contributed by atoms with Crippen LogP contribution in [-0.2, 0) is 0 Å². The van der Waals surface area contributed by atoms with Gasteiger partial charge in [0.05, 0.1) is 0 Å². The minimum atomic E-state index is -2.78. The fourth-order valence-electron chi connectivity index (χ4n) is 2.81. The predicted octanol–water partition coefficient (Wildman–Crippen LogP) is 3.14. The maximum atomic E-state index is 2.51. The number of halogens is 1. The molecule has 0 unspecified atom stereocenters. The molecule has 3 rings (SSSR count). The molecule has 3 aromatic carbocycles. The third-order valence-corrected chi connectivity index (χ3v) is 16.8. The SMILES string of the molecule is I.[CH3][SbH]([c]1ccccc1)([c]1ccccc1)[c]1ccccc1. The number of rotatable bonds is 3. The van der Waals surface area contributed by atoms with Crippen LogP contribution < -0.4 is 10.5 Å². The molecule has 0 bridgehead atoms. The molecule has 0 atom stereocenters. The van der Waals surface area contributed by atoms with Gasteiger partial charge in [0.25, 0.3) is 0 Å². The van der Waals surface area contributed by atoms with Gasteiger partial charge < -0.3 is 0 Å². The summed E-state index contributed by atoms with van der Waals surface area (Å²) >= 11 is -2.78. The quantitative estimate of drug-likeness (QED) is 0.386. The van der Waals surface area contributed by atoms with Gasteiger partial charge in [-0.1, -0.05) is 0 Å². The topological polar surface area (TPSA) is 0 Å². The Morgan fingerprint density at radius 1 is 0.476 bits per heavy atom. The molecule has 0 saturated heterocycles. The monoisotopic (exact) mass is 496 g/mol. The summed E-state index contributed by atoms with van der Waals surface area (Å²) in [7, 11) is 0. The van der Waals surface area contributed by atoms with Crippen LogP contribution in [0.15, 0.2) is 91.0 Å². The molecule has 3 aromatic rings. The first-order valence-corrected chi connectivity index (χ1v) is 14.1. The molecule has 0 nitrogen and oxygen atoms in total. The van der Waals surface area contributed by atoms with Crippen molar-refractivity contribution in [3.05, 3.63) is 91.0 Å². The summed E-state index contributed by atoms with van der Waals surface area (Å²) in [6.07, 6.45) is 0. The third-order valence-electron chi connectivity index (χ3n) is 4.05. The molecular formula is C19H20ISb. The Kier molecular flexibility index (Phi) is 5.89. The van der Waals surface area contributed by atoms with Crippen LogP contribution in [0.2, 0.25) is 4.87 Å². The molecule has 0 fully saturated rings. The van der Waals surface area contributed by atoms with Crippen molar-refractivity contribution in [2.75, 3.05) is 0 Å². The van der Waals surface area contributed by atoms with E-state index in [1.807, 2.05) is 0 Å². The Balaban J connectivity index is 0.00000161. The summed E-state index contributed by atoms with van der Waals surface area (Å²) in [5.41, 5.74) is 0. The molecular weight excluding hydrogens is 477 g/mol. The van der Waals surface area contributed by atoms with E-state index in [1.165, 1.54) is 10.5 Å². The molecule has 0 heterocycles. The van der Waals surface area contributed by atoms with E-state index in [2.05, 4.69) is 95.9 Å². The zero-order valence-corrected chi connectivity index (χ0v) is 17.3. The predicted molar refractivity (Wildman–Crippen MR) is 107 cm³/mol. The van der Waals surface area contributed by atoms with E-state index < -0.39 is 18.8 Å². The van der Waals surface area contributed by atoms with Gasteiger partial charge in [-0.2, -0.15) is 0 Å². The Morgan fingerprint density at radius 2 is 0.714 bits per heavy atom. The molecule has 0 aliphatic rings. The zero-order chi connectivity index (χ0) is 13.8. The van der Waals surface area contributed by atoms with Gasteiger partial charge in [0.1, 0.15) is 0 Å². The number of hydrogen-bond donors (Lipinski definition) is 0. The van der Waals surface area contributed by atoms with Crippen molar-refractivity contribution in [3.8, 4) is 0 Å². The van der Waals surface area contributed by atoms with E-state index in [1.54, 1.807) is 0 Å². The van der Waals surface area contributed by atoms with Gasteiger partial charge in [-0.05, 0) is 0 Å². The van der Waals surface area contributed by atoms with Crippen LogP contribution >= 0.6 is 24.0 Å². The van der Waals surface area contributed by atoms with Crippen LogP contribution in [0.25, 0.3) is 0 Å². The molecule has 21 heavy (non-hydrogen) atoms. The van der Waals surface area contributed by atoms with Crippen molar-refractivity contribution in [1.29, 1.82) is 0 Å². The fourth-order valence-corrected chi connectivity index (χ4v) is 13.0. The molecule has 0 saturated carbocycles. The Bertz CT molecular complexity index is 569. The molecule has 2 heteroatoms. The van der Waals surface area contributed by atoms with Gasteiger partial charge in [-0.15, -0.1) is 24.0 Å². The molecule has 0 aromatic heterocycles. The van der Waals surface area contributed by atoms with E-state index in [0.717, 1.165) is 0 Å². The van der Waals surface area contributed by atoms with Crippen molar-refractivity contribution < 1.29 is 0 Å². The molecule has 108 valence electrons. The molecule has 0 radical (unpaired) electrons. The van der Waals surface area contributed by atoms with E-state index in [4.69, 9.17) is 0 Å². The van der Waals surface area contributed by atoms with Gasteiger partial charge in [-0.3, -0.25) is 0 Å². The summed E-state index contributed by atoms with van der Waals surface area (Å²) in [6, 6.07) is 33.1. The molecule has 0 spiro atoms. The van der Waals surface area contributed by atoms with Gasteiger partial charge >= 0.3 is 125 Å². The Morgan fingerprint density at radius 3 is 0.952 bits per heavy atom. The number of benzene rings is 3. The second-order valence-corrected chi connectivity index (χ2v) is 16.6. The van der Waals surface area contributed by atoms with E-state index in [-0.39, 0.29) is 24.0 Å². The third kappa shape index (κ3) is 3.35. The first kappa shape index (κ1) is 16.6. The summed E-state index contributed by atoms with van der Waals surface area (Å²) < 4.78 is 4.58. The van der Waals surface area contributed by atoms with Crippen molar-refractivity contribution in [2.45, 2.75) is 4.87 Å². The van der Waals surface area contributed by atoms with Crippen LogP contribution in [0.5, 0.6) is 0 Å². The van der Waals surface area contributed by atoms with Gasteiger partial charge in [0, 0.05) is 0 Å². The second kappa shape index (κ2) is 7.46. The van der Waals surface area contributed by atoms with Gasteiger partial charge in [0.15, 0.2) is 0 Å². The van der Waals surface area contributed by atoms with Gasteiger partial charge in [-0.25, -0.2) is 0 Å². The number of hydrogen-bond acceptors (Lipinski definition) is 0. The van der Waals surface area contributed by atoms with E-state index >= 15 is 0 Å².